The fraction of sp³-hybridized carbons (Fsp3) is 0.923. The first-order chi connectivity index (χ1) is 12.4. The van der Waals surface area contributed by atoms with Crippen LogP contribution >= 0.6 is 0 Å². The lowest BCUT2D eigenvalue weighted by molar-refractivity contribution is -0.0425. The number of rotatable bonds is 5. The van der Waals surface area contributed by atoms with Crippen LogP contribution in [0.2, 0.25) is 0 Å². The van der Waals surface area contributed by atoms with E-state index in [0.29, 0.717) is 10.8 Å². The smallest absolute Gasteiger partial charge is 0.00853 e. The Bertz CT molecular complexity index is 528. The zero-order valence-electron chi connectivity index (χ0n) is 18.2. The van der Waals surface area contributed by atoms with E-state index >= 15 is 0 Å². The molecule has 0 aromatic carbocycles. The summed E-state index contributed by atoms with van der Waals surface area (Å²) in [5.74, 6) is 4.98. The Morgan fingerprint density at radius 1 is 1.00 bits per heavy atom. The highest BCUT2D eigenvalue weighted by atomic mass is 14.6. The highest BCUT2D eigenvalue weighted by Crippen LogP contribution is 2.66. The predicted molar refractivity (Wildman–Crippen MR) is 113 cm³/mol. The van der Waals surface area contributed by atoms with E-state index in [1.54, 1.807) is 12.8 Å². The fourth-order valence-electron chi connectivity index (χ4n) is 8.22. The van der Waals surface area contributed by atoms with Gasteiger partial charge in [-0.2, -0.15) is 0 Å². The number of hydrogen-bond acceptors (Lipinski definition) is 0. The molecule has 0 amide bonds. The highest BCUT2D eigenvalue weighted by Gasteiger charge is 2.57. The van der Waals surface area contributed by atoms with Crippen LogP contribution in [0.4, 0.5) is 0 Å². The van der Waals surface area contributed by atoms with E-state index < -0.39 is 0 Å². The SMILES string of the molecule is CC(C)CCCCC1CCC2C3CC=C4CCCC[C@]4(C)C3CC[C@]12C. The first kappa shape index (κ1) is 19.1. The minimum Gasteiger partial charge on any atom is -0.0845 e. The molecule has 6 atom stereocenters. The maximum atomic E-state index is 2.74. The molecular formula is C26H44. The van der Waals surface area contributed by atoms with E-state index in [-0.39, 0.29) is 0 Å². The van der Waals surface area contributed by atoms with Crippen LogP contribution in [-0.4, -0.2) is 0 Å². The van der Waals surface area contributed by atoms with Crippen LogP contribution in [0.3, 0.4) is 0 Å². The Morgan fingerprint density at radius 3 is 2.65 bits per heavy atom. The molecule has 0 nitrogen and oxygen atoms in total. The predicted octanol–water partition coefficient (Wildman–Crippen LogP) is 8.17. The molecule has 0 aromatic heterocycles. The lowest BCUT2D eigenvalue weighted by Crippen LogP contribution is -2.49. The van der Waals surface area contributed by atoms with Crippen molar-refractivity contribution in [1.82, 2.24) is 0 Å². The Morgan fingerprint density at radius 2 is 1.85 bits per heavy atom. The number of fused-ring (bicyclic) bond motifs is 5. The van der Waals surface area contributed by atoms with Crippen LogP contribution in [0, 0.1) is 40.4 Å². The molecule has 0 heterocycles. The van der Waals surface area contributed by atoms with E-state index in [4.69, 9.17) is 0 Å². The Balaban J connectivity index is 1.45. The summed E-state index contributed by atoms with van der Waals surface area (Å²) >= 11 is 0. The fourth-order valence-corrected chi connectivity index (χ4v) is 8.22. The van der Waals surface area contributed by atoms with Crippen LogP contribution in [0.5, 0.6) is 0 Å². The number of hydrogen-bond donors (Lipinski definition) is 0. The molecule has 0 saturated heterocycles. The van der Waals surface area contributed by atoms with Crippen molar-refractivity contribution in [3.8, 4) is 0 Å². The second kappa shape index (κ2) is 7.29. The largest absolute Gasteiger partial charge is 0.0845 e. The molecule has 0 spiro atoms. The van der Waals surface area contributed by atoms with Crippen molar-refractivity contribution in [2.24, 2.45) is 40.4 Å². The zero-order chi connectivity index (χ0) is 18.4. The van der Waals surface area contributed by atoms with E-state index in [9.17, 15) is 0 Å². The van der Waals surface area contributed by atoms with Crippen molar-refractivity contribution in [3.63, 3.8) is 0 Å². The molecule has 0 bridgehead atoms. The normalized spacial score (nSPS) is 45.0. The molecule has 0 N–H and O–H groups in total. The second-order valence-electron chi connectivity index (χ2n) is 11.5. The van der Waals surface area contributed by atoms with Crippen molar-refractivity contribution in [2.75, 3.05) is 0 Å². The number of allylic oxidation sites excluding steroid dienone is 2. The molecule has 0 heteroatoms. The van der Waals surface area contributed by atoms with E-state index in [2.05, 4.69) is 33.8 Å². The molecule has 0 radical (unpaired) electrons. The van der Waals surface area contributed by atoms with E-state index in [1.807, 2.05) is 5.57 Å². The summed E-state index contributed by atoms with van der Waals surface area (Å²) in [5.41, 5.74) is 3.13. The van der Waals surface area contributed by atoms with Gasteiger partial charge in [-0.1, -0.05) is 65.0 Å². The quantitative estimate of drug-likeness (QED) is 0.344. The molecule has 4 aliphatic rings. The monoisotopic (exact) mass is 356 g/mol. The molecule has 0 aromatic rings. The van der Waals surface area contributed by atoms with Crippen LogP contribution in [0.25, 0.3) is 0 Å². The third-order valence-corrected chi connectivity index (χ3v) is 9.80. The molecule has 0 aliphatic heterocycles. The summed E-state index contributed by atoms with van der Waals surface area (Å²) in [6, 6.07) is 0. The molecule has 4 aliphatic carbocycles. The molecule has 26 heavy (non-hydrogen) atoms. The van der Waals surface area contributed by atoms with Gasteiger partial charge in [-0.15, -0.1) is 0 Å². The van der Waals surface area contributed by atoms with Gasteiger partial charge in [0.2, 0.25) is 0 Å². The van der Waals surface area contributed by atoms with Gasteiger partial charge in [0, 0.05) is 0 Å². The summed E-state index contributed by atoms with van der Waals surface area (Å²) in [7, 11) is 0. The van der Waals surface area contributed by atoms with Crippen molar-refractivity contribution in [2.45, 2.75) is 111 Å². The highest BCUT2D eigenvalue weighted by molar-refractivity contribution is 5.24. The van der Waals surface area contributed by atoms with Crippen molar-refractivity contribution >= 4 is 0 Å². The molecular weight excluding hydrogens is 312 g/mol. The topological polar surface area (TPSA) is 0 Å². The van der Waals surface area contributed by atoms with Gasteiger partial charge in [0.05, 0.1) is 0 Å². The maximum Gasteiger partial charge on any atom is -0.00853 e. The second-order valence-corrected chi connectivity index (χ2v) is 11.5. The van der Waals surface area contributed by atoms with Gasteiger partial charge in [-0.3, -0.25) is 0 Å². The van der Waals surface area contributed by atoms with Crippen molar-refractivity contribution in [3.05, 3.63) is 11.6 Å². The van der Waals surface area contributed by atoms with Gasteiger partial charge in [0.15, 0.2) is 0 Å². The third-order valence-electron chi connectivity index (χ3n) is 9.80. The summed E-state index contributed by atoms with van der Waals surface area (Å²) in [4.78, 5) is 0. The Hall–Kier alpha value is -0.260. The summed E-state index contributed by atoms with van der Waals surface area (Å²) in [5, 5.41) is 0. The summed E-state index contributed by atoms with van der Waals surface area (Å²) in [6.45, 7) is 10.1. The Labute approximate surface area is 163 Å². The minimum absolute atomic E-state index is 0.581. The van der Waals surface area contributed by atoms with Gasteiger partial charge in [-0.25, -0.2) is 0 Å². The average molecular weight is 357 g/mol. The first-order valence-electron chi connectivity index (χ1n) is 12.1. The lowest BCUT2D eigenvalue weighted by atomic mass is 9.47. The molecule has 148 valence electrons. The average Bonchev–Trinajstić information content (AvgIpc) is 2.94. The van der Waals surface area contributed by atoms with Crippen LogP contribution in [-0.2, 0) is 0 Å². The van der Waals surface area contributed by atoms with E-state index in [1.165, 1.54) is 70.6 Å². The van der Waals surface area contributed by atoms with Crippen LogP contribution < -0.4 is 0 Å². The van der Waals surface area contributed by atoms with Gasteiger partial charge >= 0.3 is 0 Å². The van der Waals surface area contributed by atoms with Gasteiger partial charge < -0.3 is 0 Å². The minimum atomic E-state index is 0.581. The lowest BCUT2D eigenvalue weighted by Gasteiger charge is -2.57. The summed E-state index contributed by atoms with van der Waals surface area (Å²) < 4.78 is 0. The maximum absolute atomic E-state index is 2.74. The molecule has 3 saturated carbocycles. The van der Waals surface area contributed by atoms with Crippen LogP contribution in [0.15, 0.2) is 11.6 Å². The van der Waals surface area contributed by atoms with Gasteiger partial charge in [0.25, 0.3) is 0 Å². The molecule has 4 unspecified atom stereocenters. The standard InChI is InChI=1S/C26H44/c1-19(2)9-5-6-10-21-13-15-23-22-14-12-20-11-7-8-17-25(20,3)24(22)16-18-26(21,23)4/h12,19,21-24H,5-11,13-18H2,1-4H3/t21?,22?,23?,24?,25-,26+/m0/s1. The van der Waals surface area contributed by atoms with Crippen LogP contribution in [0.1, 0.15) is 111 Å². The number of unbranched alkanes of at least 4 members (excludes halogenated alkanes) is 1. The van der Waals surface area contributed by atoms with Crippen molar-refractivity contribution in [1.29, 1.82) is 0 Å². The molecule has 4 rings (SSSR count). The Kier molecular flexibility index (Phi) is 5.35. The van der Waals surface area contributed by atoms with Gasteiger partial charge in [-0.05, 0) is 98.2 Å². The van der Waals surface area contributed by atoms with Gasteiger partial charge in [0.1, 0.15) is 0 Å². The molecule has 3 fully saturated rings. The third kappa shape index (κ3) is 3.12. The van der Waals surface area contributed by atoms with E-state index in [0.717, 1.165) is 29.6 Å². The summed E-state index contributed by atoms with van der Waals surface area (Å²) in [6.07, 6.45) is 22.1. The first-order valence-corrected chi connectivity index (χ1v) is 12.1. The zero-order valence-corrected chi connectivity index (χ0v) is 18.2. The van der Waals surface area contributed by atoms with Crippen molar-refractivity contribution < 1.29 is 0 Å².